The van der Waals surface area contributed by atoms with Gasteiger partial charge in [-0.15, -0.1) is 0 Å². The molecule has 3 heterocycles. The number of benzene rings is 4. The first-order chi connectivity index (χ1) is 30.8. The highest BCUT2D eigenvalue weighted by Gasteiger charge is 2.38. The number of likely N-dealkylation sites (N-methyl/N-ethyl adjacent to an activating group) is 1. The minimum atomic E-state index is -5.08. The lowest BCUT2D eigenvalue weighted by Gasteiger charge is -2.37. The Balaban J connectivity index is 0.000000925. The van der Waals surface area contributed by atoms with E-state index in [1.165, 1.54) is 18.2 Å². The van der Waals surface area contributed by atoms with Crippen LogP contribution < -0.4 is 19.8 Å². The summed E-state index contributed by atoms with van der Waals surface area (Å²) < 4.78 is 62.3. The van der Waals surface area contributed by atoms with Crippen molar-refractivity contribution in [3.63, 3.8) is 0 Å². The van der Waals surface area contributed by atoms with Gasteiger partial charge in [-0.1, -0.05) is 41.9 Å². The molecule has 65 heavy (non-hydrogen) atoms. The Morgan fingerprint density at radius 2 is 1.42 bits per heavy atom. The lowest BCUT2D eigenvalue weighted by molar-refractivity contribution is -0.385. The average molecular weight is 939 g/mol. The SMILES string of the molecule is Cc1c(C(=O)NCCCN2CCN(C)CC2)c(-c2cccc(N3CCN(c4ccc(NS(=O)(=O)c5cccc([N+](=O)[O-])c5)cc4)CC3)c2)c(-c2ccc(Cl)cc2)n1C.O=C(O)C(F)(F)F. The maximum atomic E-state index is 14.1. The zero-order valence-electron chi connectivity index (χ0n) is 36.0. The fourth-order valence-corrected chi connectivity index (χ4v) is 8.99. The third-order valence-electron chi connectivity index (χ3n) is 11.4. The largest absolute Gasteiger partial charge is 0.490 e. The van der Waals surface area contributed by atoms with E-state index < -0.39 is 27.1 Å². The van der Waals surface area contributed by atoms with E-state index in [1.807, 2.05) is 50.4 Å². The number of alkyl halides is 3. The van der Waals surface area contributed by atoms with E-state index in [1.54, 1.807) is 12.1 Å². The summed E-state index contributed by atoms with van der Waals surface area (Å²) in [6.07, 6.45) is -4.20. The number of carbonyl (C=O) groups excluding carboxylic acids is 1. The molecule has 2 saturated heterocycles. The number of aromatic nitrogens is 1. The van der Waals surface area contributed by atoms with Gasteiger partial charge in [0.2, 0.25) is 0 Å². The highest BCUT2D eigenvalue weighted by Crippen LogP contribution is 2.40. The van der Waals surface area contributed by atoms with Crippen LogP contribution in [0.3, 0.4) is 0 Å². The van der Waals surface area contributed by atoms with E-state index in [0.29, 0.717) is 22.8 Å². The van der Waals surface area contributed by atoms with E-state index in [2.05, 4.69) is 65.5 Å². The first kappa shape index (κ1) is 48.3. The predicted octanol–water partition coefficient (Wildman–Crippen LogP) is 7.36. The minimum Gasteiger partial charge on any atom is -0.475 e. The molecule has 7 rings (SSSR count). The number of aliphatic carboxylic acids is 1. The van der Waals surface area contributed by atoms with Gasteiger partial charge in [-0.05, 0) is 92.7 Å². The maximum absolute atomic E-state index is 14.1. The number of hydrogen-bond acceptors (Lipinski definition) is 10. The summed E-state index contributed by atoms with van der Waals surface area (Å²) in [5.41, 5.74) is 7.41. The first-order valence-corrected chi connectivity index (χ1v) is 22.6. The molecular weight excluding hydrogens is 889 g/mol. The van der Waals surface area contributed by atoms with E-state index in [9.17, 15) is 36.5 Å². The van der Waals surface area contributed by atoms with Gasteiger partial charge >= 0.3 is 12.1 Å². The predicted molar refractivity (Wildman–Crippen MR) is 245 cm³/mol. The number of sulfonamides is 1. The van der Waals surface area contributed by atoms with Gasteiger partial charge in [0, 0.05) is 111 Å². The highest BCUT2D eigenvalue weighted by atomic mass is 35.5. The zero-order chi connectivity index (χ0) is 47.1. The summed E-state index contributed by atoms with van der Waals surface area (Å²) in [6, 6.07) is 28.3. The standard InChI is InChI=1S/C43H49ClN8O5S.C2HF3O2/c1-31-40(43(53)45-19-6-20-49-23-21-47(2)22-24-49)41(42(48(31)3)32-11-13-34(44)14-12-32)33-7-4-8-37(29-33)51-27-25-50(26-28-51)36-17-15-35(16-18-36)46-58(56,57)39-10-5-9-38(30-39)52(54)55;3-2(4,5)1(6)7/h4-5,7-18,29-30,46H,6,19-28H2,1-3H3,(H,45,53);(H,6,7). The summed E-state index contributed by atoms with van der Waals surface area (Å²) in [6.45, 7) is 10.8. The van der Waals surface area contributed by atoms with Crippen LogP contribution in [-0.4, -0.2) is 123 Å². The molecule has 2 aliphatic rings. The molecule has 0 spiro atoms. The van der Waals surface area contributed by atoms with Gasteiger partial charge in [0.05, 0.1) is 21.1 Å². The van der Waals surface area contributed by atoms with Crippen molar-refractivity contribution in [2.24, 2.45) is 7.05 Å². The van der Waals surface area contributed by atoms with E-state index in [0.717, 1.165) is 111 Å². The Morgan fingerprint density at radius 3 is 2.02 bits per heavy atom. The number of carboxylic acids is 1. The minimum absolute atomic E-state index is 0.0800. The Morgan fingerprint density at radius 1 is 0.815 bits per heavy atom. The van der Waals surface area contributed by atoms with Crippen LogP contribution in [-0.2, 0) is 21.9 Å². The molecule has 0 radical (unpaired) electrons. The second-order valence-corrected chi connectivity index (χ2v) is 17.9. The number of carboxylic acid groups (broad SMARTS) is 1. The number of nitrogens with one attached hydrogen (secondary N) is 2. The number of carbonyl (C=O) groups is 2. The topological polar surface area (TPSA) is 174 Å². The molecule has 2 fully saturated rings. The van der Waals surface area contributed by atoms with Crippen LogP contribution in [0.5, 0.6) is 0 Å². The molecule has 4 aromatic carbocycles. The Hall–Kier alpha value is -6.15. The van der Waals surface area contributed by atoms with Gasteiger partial charge in [-0.3, -0.25) is 19.6 Å². The molecule has 346 valence electrons. The summed E-state index contributed by atoms with van der Waals surface area (Å²) >= 11 is 6.31. The van der Waals surface area contributed by atoms with Gasteiger partial charge in [0.1, 0.15) is 0 Å². The Bertz CT molecular complexity index is 2600. The average Bonchev–Trinajstić information content (AvgIpc) is 3.55. The monoisotopic (exact) mass is 938 g/mol. The molecule has 0 unspecified atom stereocenters. The Labute approximate surface area is 380 Å². The van der Waals surface area contributed by atoms with Crippen molar-refractivity contribution in [3.05, 3.63) is 123 Å². The summed E-state index contributed by atoms with van der Waals surface area (Å²) in [7, 11) is 0.148. The van der Waals surface area contributed by atoms with Crippen molar-refractivity contribution in [3.8, 4) is 22.4 Å². The summed E-state index contributed by atoms with van der Waals surface area (Å²) in [5, 5.41) is 22.2. The second kappa shape index (κ2) is 20.8. The van der Waals surface area contributed by atoms with Crippen LogP contribution in [0, 0.1) is 17.0 Å². The molecule has 0 saturated carbocycles. The third-order valence-corrected chi connectivity index (χ3v) is 13.0. The van der Waals surface area contributed by atoms with E-state index in [4.69, 9.17) is 21.5 Å². The van der Waals surface area contributed by atoms with Gasteiger partial charge in [0.15, 0.2) is 0 Å². The molecule has 1 amide bonds. The fraction of sp³-hybridized carbons (Fsp3) is 0.333. The van der Waals surface area contributed by atoms with Crippen LogP contribution in [0.25, 0.3) is 22.4 Å². The smallest absolute Gasteiger partial charge is 0.475 e. The number of amides is 1. The molecule has 0 aliphatic carbocycles. The number of nitro groups is 1. The molecule has 20 heteroatoms. The van der Waals surface area contributed by atoms with Crippen LogP contribution in [0.4, 0.5) is 35.9 Å². The normalized spacial score (nSPS) is 14.9. The number of piperazine rings is 2. The number of anilines is 3. The third kappa shape index (κ3) is 12.2. The lowest BCUT2D eigenvalue weighted by Crippen LogP contribution is -2.46. The second-order valence-electron chi connectivity index (χ2n) is 15.7. The number of hydrogen-bond donors (Lipinski definition) is 3. The van der Waals surface area contributed by atoms with E-state index >= 15 is 0 Å². The molecular formula is C45H50ClF3N8O7S. The van der Waals surface area contributed by atoms with Crippen molar-refractivity contribution in [1.82, 2.24) is 19.7 Å². The number of rotatable bonds is 13. The van der Waals surface area contributed by atoms with Gasteiger partial charge < -0.3 is 34.6 Å². The number of nitro benzene ring substituents is 1. The van der Waals surface area contributed by atoms with Crippen LogP contribution in [0.2, 0.25) is 5.02 Å². The van der Waals surface area contributed by atoms with Gasteiger partial charge in [-0.2, -0.15) is 13.2 Å². The Kier molecular flexibility index (Phi) is 15.4. The van der Waals surface area contributed by atoms with Crippen molar-refractivity contribution < 1.29 is 41.2 Å². The van der Waals surface area contributed by atoms with Crippen LogP contribution in [0.15, 0.2) is 102 Å². The number of non-ortho nitro benzene ring substituents is 1. The fourth-order valence-electron chi connectivity index (χ4n) is 7.77. The van der Waals surface area contributed by atoms with Gasteiger partial charge in [0.25, 0.3) is 21.6 Å². The molecule has 2 aliphatic heterocycles. The number of halogens is 4. The van der Waals surface area contributed by atoms with Crippen molar-refractivity contribution in [1.29, 1.82) is 0 Å². The molecule has 3 N–H and O–H groups in total. The number of nitrogens with zero attached hydrogens (tertiary/aromatic N) is 6. The summed E-state index contributed by atoms with van der Waals surface area (Å²) in [5.74, 6) is -2.84. The van der Waals surface area contributed by atoms with Crippen molar-refractivity contribution in [2.75, 3.05) is 87.0 Å². The van der Waals surface area contributed by atoms with Crippen LogP contribution >= 0.6 is 11.6 Å². The van der Waals surface area contributed by atoms with Crippen molar-refractivity contribution in [2.45, 2.75) is 24.4 Å². The van der Waals surface area contributed by atoms with Crippen molar-refractivity contribution >= 4 is 56.3 Å². The molecule has 15 nitrogen and oxygen atoms in total. The maximum Gasteiger partial charge on any atom is 0.490 e. The van der Waals surface area contributed by atoms with Gasteiger partial charge in [-0.25, -0.2) is 13.2 Å². The summed E-state index contributed by atoms with van der Waals surface area (Å²) in [4.78, 5) is 42.8. The molecule has 5 aromatic rings. The molecule has 0 bridgehead atoms. The van der Waals surface area contributed by atoms with Crippen LogP contribution in [0.1, 0.15) is 22.5 Å². The quantitative estimate of drug-likeness (QED) is 0.0612. The zero-order valence-corrected chi connectivity index (χ0v) is 37.6. The molecule has 0 atom stereocenters. The highest BCUT2D eigenvalue weighted by molar-refractivity contribution is 7.92. The first-order valence-electron chi connectivity index (χ1n) is 20.7. The molecule has 1 aromatic heterocycles. The van der Waals surface area contributed by atoms with E-state index in [-0.39, 0.29) is 16.5 Å². The lowest BCUT2D eigenvalue weighted by atomic mass is 9.95.